The lowest BCUT2D eigenvalue weighted by Crippen LogP contribution is -2.53. The van der Waals surface area contributed by atoms with Crippen LogP contribution in [0.4, 0.5) is 4.39 Å². The topological polar surface area (TPSA) is 55.6 Å². The molecule has 1 fully saturated rings. The van der Waals surface area contributed by atoms with Crippen molar-refractivity contribution in [2.75, 3.05) is 19.7 Å². The number of halogens is 2. The minimum Gasteiger partial charge on any atom is -0.370 e. The highest BCUT2D eigenvalue weighted by atomic mass is 35.5. The number of nitrogens with zero attached hydrogens (tertiary/aromatic N) is 1. The van der Waals surface area contributed by atoms with Crippen LogP contribution in [0.3, 0.4) is 0 Å². The van der Waals surface area contributed by atoms with Crippen molar-refractivity contribution in [2.45, 2.75) is 32.9 Å². The zero-order valence-corrected chi connectivity index (χ0v) is 13.9. The average molecular weight is 329 g/mol. The fourth-order valence-corrected chi connectivity index (χ4v) is 2.52. The molecule has 0 spiro atoms. The molecule has 2 rings (SSSR count). The van der Waals surface area contributed by atoms with E-state index in [2.05, 4.69) is 0 Å². The van der Waals surface area contributed by atoms with Crippen LogP contribution in [0.15, 0.2) is 18.2 Å². The Bertz CT molecular complexity index is 560. The van der Waals surface area contributed by atoms with E-state index in [9.17, 15) is 9.18 Å². The summed E-state index contributed by atoms with van der Waals surface area (Å²) in [5, 5.41) is 0.0518. The molecule has 6 heteroatoms. The molecular formula is C16H22ClFN2O2. The summed E-state index contributed by atoms with van der Waals surface area (Å²) in [4.78, 5) is 14.2. The van der Waals surface area contributed by atoms with E-state index >= 15 is 0 Å². The molecule has 1 amide bonds. The van der Waals surface area contributed by atoms with Crippen LogP contribution >= 0.6 is 11.6 Å². The van der Waals surface area contributed by atoms with Crippen LogP contribution in [0.1, 0.15) is 32.4 Å². The average Bonchev–Trinajstić information content (AvgIpc) is 2.47. The first-order valence-electron chi connectivity index (χ1n) is 7.31. The van der Waals surface area contributed by atoms with E-state index in [4.69, 9.17) is 22.1 Å². The number of nitrogens with two attached hydrogens (primary N) is 1. The molecular weight excluding hydrogens is 307 g/mol. The third-order valence-electron chi connectivity index (χ3n) is 3.89. The lowest BCUT2D eigenvalue weighted by molar-refractivity contribution is -0.142. The van der Waals surface area contributed by atoms with Crippen LogP contribution in [-0.2, 0) is 9.53 Å². The van der Waals surface area contributed by atoms with Crippen LogP contribution in [-0.4, -0.2) is 36.5 Å². The summed E-state index contributed by atoms with van der Waals surface area (Å²) in [5.41, 5.74) is 6.51. The number of hydrogen-bond acceptors (Lipinski definition) is 3. The first-order chi connectivity index (χ1) is 10.2. The van der Waals surface area contributed by atoms with Gasteiger partial charge in [-0.1, -0.05) is 38.4 Å². The smallest absolute Gasteiger partial charge is 0.240 e. The van der Waals surface area contributed by atoms with Crippen molar-refractivity contribution in [3.8, 4) is 0 Å². The maximum atomic E-state index is 13.3. The molecule has 1 heterocycles. The Morgan fingerprint density at radius 2 is 2.18 bits per heavy atom. The van der Waals surface area contributed by atoms with E-state index in [0.29, 0.717) is 19.7 Å². The largest absolute Gasteiger partial charge is 0.370 e. The van der Waals surface area contributed by atoms with Gasteiger partial charge in [-0.05, 0) is 23.1 Å². The number of amides is 1. The van der Waals surface area contributed by atoms with Gasteiger partial charge in [-0.15, -0.1) is 0 Å². The molecule has 0 radical (unpaired) electrons. The van der Waals surface area contributed by atoms with Gasteiger partial charge >= 0.3 is 0 Å². The molecule has 0 saturated carbocycles. The first kappa shape index (κ1) is 17.2. The molecule has 1 aromatic carbocycles. The Balaban J connectivity index is 2.11. The number of ether oxygens (including phenoxy) is 1. The molecule has 0 bridgehead atoms. The van der Waals surface area contributed by atoms with E-state index in [1.807, 2.05) is 20.8 Å². The van der Waals surface area contributed by atoms with Crippen LogP contribution in [0, 0.1) is 11.2 Å². The number of morpholine rings is 1. The van der Waals surface area contributed by atoms with Gasteiger partial charge < -0.3 is 15.4 Å². The van der Waals surface area contributed by atoms with E-state index in [1.165, 1.54) is 6.07 Å². The molecule has 1 aliphatic heterocycles. The zero-order valence-electron chi connectivity index (χ0n) is 13.1. The maximum absolute atomic E-state index is 13.3. The van der Waals surface area contributed by atoms with Crippen LogP contribution in [0.5, 0.6) is 0 Å². The minimum atomic E-state index is -0.567. The Morgan fingerprint density at radius 3 is 2.77 bits per heavy atom. The van der Waals surface area contributed by atoms with Gasteiger partial charge in [-0.25, -0.2) is 4.39 Å². The van der Waals surface area contributed by atoms with Crippen molar-refractivity contribution in [2.24, 2.45) is 11.1 Å². The van der Waals surface area contributed by atoms with Gasteiger partial charge in [0.1, 0.15) is 11.9 Å². The second-order valence-corrected chi connectivity index (χ2v) is 7.07. The number of carbonyl (C=O) groups excluding carboxylic acids is 1. The summed E-state index contributed by atoms with van der Waals surface area (Å²) >= 11 is 5.81. The molecule has 1 aromatic rings. The number of benzene rings is 1. The fourth-order valence-electron chi connectivity index (χ4n) is 2.33. The van der Waals surface area contributed by atoms with Crippen molar-refractivity contribution >= 4 is 17.5 Å². The molecule has 2 N–H and O–H groups in total. The van der Waals surface area contributed by atoms with E-state index < -0.39 is 11.9 Å². The molecule has 0 unspecified atom stereocenters. The Labute approximate surface area is 135 Å². The predicted molar refractivity (Wildman–Crippen MR) is 84.1 cm³/mol. The molecule has 122 valence electrons. The second-order valence-electron chi connectivity index (χ2n) is 6.66. The molecule has 1 aliphatic rings. The van der Waals surface area contributed by atoms with Gasteiger partial charge in [0, 0.05) is 6.54 Å². The summed E-state index contributed by atoms with van der Waals surface area (Å²) in [6, 6.07) is 3.91. The van der Waals surface area contributed by atoms with Gasteiger partial charge in [-0.3, -0.25) is 4.79 Å². The third kappa shape index (κ3) is 3.77. The summed E-state index contributed by atoms with van der Waals surface area (Å²) in [7, 11) is 0. The highest BCUT2D eigenvalue weighted by Crippen LogP contribution is 2.27. The van der Waals surface area contributed by atoms with E-state index in [-0.39, 0.29) is 22.4 Å². The monoisotopic (exact) mass is 328 g/mol. The van der Waals surface area contributed by atoms with Gasteiger partial charge in [0.05, 0.1) is 24.2 Å². The number of hydrogen-bond donors (Lipinski definition) is 1. The predicted octanol–water partition coefficient (Wildman–Crippen LogP) is 2.75. The second kappa shape index (κ2) is 6.52. The van der Waals surface area contributed by atoms with Crippen molar-refractivity contribution in [3.63, 3.8) is 0 Å². The van der Waals surface area contributed by atoms with Crippen LogP contribution in [0.25, 0.3) is 0 Å². The summed E-state index contributed by atoms with van der Waals surface area (Å²) < 4.78 is 18.9. The molecule has 1 saturated heterocycles. The molecule has 4 nitrogen and oxygen atoms in total. The fraction of sp³-hybridized carbons (Fsp3) is 0.562. The summed E-state index contributed by atoms with van der Waals surface area (Å²) in [6.07, 6.45) is -0.317. The van der Waals surface area contributed by atoms with Crippen molar-refractivity contribution in [1.29, 1.82) is 0 Å². The Morgan fingerprint density at radius 1 is 1.50 bits per heavy atom. The van der Waals surface area contributed by atoms with E-state index in [0.717, 1.165) is 5.56 Å². The van der Waals surface area contributed by atoms with Gasteiger partial charge in [0.2, 0.25) is 5.91 Å². The van der Waals surface area contributed by atoms with Crippen molar-refractivity contribution in [1.82, 2.24) is 4.90 Å². The third-order valence-corrected chi connectivity index (χ3v) is 4.18. The molecule has 0 aliphatic carbocycles. The van der Waals surface area contributed by atoms with Crippen LogP contribution in [0.2, 0.25) is 5.02 Å². The minimum absolute atomic E-state index is 0.0518. The van der Waals surface area contributed by atoms with E-state index in [1.54, 1.807) is 17.0 Å². The van der Waals surface area contributed by atoms with Gasteiger partial charge in [0.25, 0.3) is 0 Å². The summed E-state index contributed by atoms with van der Waals surface area (Å²) in [6.45, 7) is 7.13. The van der Waals surface area contributed by atoms with Crippen LogP contribution < -0.4 is 5.73 Å². The lowest BCUT2D eigenvalue weighted by atomic mass is 9.86. The zero-order chi connectivity index (χ0) is 16.5. The molecule has 22 heavy (non-hydrogen) atoms. The quantitative estimate of drug-likeness (QED) is 0.908. The molecule has 0 aromatic heterocycles. The Hall–Kier alpha value is -1.17. The normalized spacial score (nSPS) is 20.8. The summed E-state index contributed by atoms with van der Waals surface area (Å²) in [5.74, 6) is -0.557. The first-order valence-corrected chi connectivity index (χ1v) is 7.69. The highest BCUT2D eigenvalue weighted by molar-refractivity contribution is 6.30. The van der Waals surface area contributed by atoms with Crippen molar-refractivity contribution in [3.05, 3.63) is 34.6 Å². The Kier molecular flexibility index (Phi) is 5.10. The SMILES string of the molecule is CC(C)(C)[C@H](N)C(=O)N1CCO[C@H](c2ccc(F)c(Cl)c2)C1. The standard InChI is InChI=1S/C16H22ClFN2O2/c1-16(2,3)14(19)15(21)20-6-7-22-13(9-20)10-4-5-12(18)11(17)8-10/h4-5,8,13-14H,6-7,9,19H2,1-3H3/t13-,14+/m0/s1. The number of carbonyl (C=O) groups is 1. The van der Waals surface area contributed by atoms with Gasteiger partial charge in [-0.2, -0.15) is 0 Å². The van der Waals surface area contributed by atoms with Gasteiger partial charge in [0.15, 0.2) is 0 Å². The highest BCUT2D eigenvalue weighted by Gasteiger charge is 2.34. The maximum Gasteiger partial charge on any atom is 0.240 e. The van der Waals surface area contributed by atoms with Crippen molar-refractivity contribution < 1.29 is 13.9 Å². The lowest BCUT2D eigenvalue weighted by Gasteiger charge is -2.37. The molecule has 2 atom stereocenters. The number of rotatable bonds is 2.